The molecule has 1 aliphatic rings. The molecule has 1 aliphatic heterocycles. The number of carbonyl (C=O) groups excluding carboxylic acids is 1. The molecule has 0 radical (unpaired) electrons. The highest BCUT2D eigenvalue weighted by atomic mass is 16.5. The number of nitrogens with zero attached hydrogens (tertiary/aromatic N) is 1. The molecule has 17 heavy (non-hydrogen) atoms. The van der Waals surface area contributed by atoms with Gasteiger partial charge in [-0.05, 0) is 38.0 Å². The van der Waals surface area contributed by atoms with Gasteiger partial charge in [-0.25, -0.2) is 0 Å². The average Bonchev–Trinajstić information content (AvgIpc) is 2.34. The number of anilines is 2. The molecule has 92 valence electrons. The van der Waals surface area contributed by atoms with Crippen LogP contribution in [0.4, 0.5) is 11.4 Å². The Labute approximate surface area is 101 Å². The predicted molar refractivity (Wildman–Crippen MR) is 68.4 cm³/mol. The lowest BCUT2D eigenvalue weighted by Gasteiger charge is -2.21. The van der Waals surface area contributed by atoms with Crippen LogP contribution < -0.4 is 15.4 Å². The lowest BCUT2D eigenvalue weighted by Crippen LogP contribution is -2.27. The number of nitrogen functional groups attached to an aromatic ring is 1. The number of nitrogens with two attached hydrogens (primary N) is 1. The van der Waals surface area contributed by atoms with Gasteiger partial charge in [0.05, 0.1) is 12.1 Å². The van der Waals surface area contributed by atoms with Crippen molar-refractivity contribution < 1.29 is 9.53 Å². The normalized spacial score (nSPS) is 19.6. The van der Waals surface area contributed by atoms with Crippen molar-refractivity contribution in [2.75, 3.05) is 17.7 Å². The molecule has 1 unspecified atom stereocenters. The molecular weight excluding hydrogens is 216 g/mol. The smallest absolute Gasteiger partial charge is 0.230 e. The highest BCUT2D eigenvalue weighted by Gasteiger charge is 2.26. The van der Waals surface area contributed by atoms with Gasteiger partial charge in [-0.15, -0.1) is 0 Å². The van der Waals surface area contributed by atoms with Crippen LogP contribution in [0.3, 0.4) is 0 Å². The van der Waals surface area contributed by atoms with E-state index in [-0.39, 0.29) is 12.0 Å². The van der Waals surface area contributed by atoms with Crippen LogP contribution in [0.15, 0.2) is 6.07 Å². The maximum Gasteiger partial charge on any atom is 0.230 e. The van der Waals surface area contributed by atoms with E-state index in [1.165, 1.54) is 0 Å². The average molecular weight is 234 g/mol. The minimum Gasteiger partial charge on any atom is -0.488 e. The van der Waals surface area contributed by atoms with Crippen LogP contribution in [0.1, 0.15) is 24.5 Å². The molecule has 4 heteroatoms. The number of fused-ring (bicyclic) bond motifs is 1. The lowest BCUT2D eigenvalue weighted by atomic mass is 10.1. The van der Waals surface area contributed by atoms with Crippen molar-refractivity contribution in [1.29, 1.82) is 0 Å². The number of aryl methyl sites for hydroxylation is 1. The summed E-state index contributed by atoms with van der Waals surface area (Å²) < 4.78 is 5.80. The quantitative estimate of drug-likeness (QED) is 0.699. The van der Waals surface area contributed by atoms with Crippen LogP contribution in [0.25, 0.3) is 0 Å². The topological polar surface area (TPSA) is 55.6 Å². The zero-order valence-corrected chi connectivity index (χ0v) is 10.7. The Hall–Kier alpha value is -1.71. The Morgan fingerprint density at radius 3 is 2.76 bits per heavy atom. The maximum atomic E-state index is 11.9. The van der Waals surface area contributed by atoms with Gasteiger partial charge in [0.25, 0.3) is 0 Å². The minimum atomic E-state index is -0.103. The van der Waals surface area contributed by atoms with Crippen molar-refractivity contribution in [3.8, 4) is 5.75 Å². The highest BCUT2D eigenvalue weighted by Crippen LogP contribution is 2.39. The van der Waals surface area contributed by atoms with E-state index in [2.05, 4.69) is 0 Å². The van der Waals surface area contributed by atoms with Gasteiger partial charge in [0.2, 0.25) is 5.91 Å². The van der Waals surface area contributed by atoms with E-state index >= 15 is 0 Å². The number of benzene rings is 1. The molecule has 1 atom stereocenters. The van der Waals surface area contributed by atoms with Gasteiger partial charge in [-0.3, -0.25) is 4.79 Å². The first-order chi connectivity index (χ1) is 7.91. The molecule has 1 aromatic rings. The van der Waals surface area contributed by atoms with Crippen LogP contribution in [-0.4, -0.2) is 19.1 Å². The summed E-state index contributed by atoms with van der Waals surface area (Å²) in [5.74, 6) is 0.803. The summed E-state index contributed by atoms with van der Waals surface area (Å²) in [5.41, 5.74) is 9.41. The summed E-state index contributed by atoms with van der Waals surface area (Å²) >= 11 is 0. The molecule has 0 saturated carbocycles. The van der Waals surface area contributed by atoms with E-state index in [1.807, 2.05) is 26.8 Å². The molecule has 0 saturated heterocycles. The molecule has 1 amide bonds. The lowest BCUT2D eigenvalue weighted by molar-refractivity contribution is -0.119. The SMILES string of the molecule is Cc1cc2c(c(C)c1N)N(C)C(=O)CC(C)O2. The minimum absolute atomic E-state index is 0.0580. The third-order valence-corrected chi connectivity index (χ3v) is 3.26. The fourth-order valence-electron chi connectivity index (χ4n) is 2.22. The fraction of sp³-hybridized carbons (Fsp3) is 0.462. The third kappa shape index (κ3) is 1.84. The molecular formula is C13H18N2O2. The summed E-state index contributed by atoms with van der Waals surface area (Å²) in [6.45, 7) is 5.77. The molecule has 4 nitrogen and oxygen atoms in total. The molecule has 0 fully saturated rings. The van der Waals surface area contributed by atoms with Crippen LogP contribution in [0.2, 0.25) is 0 Å². The van der Waals surface area contributed by atoms with Gasteiger partial charge >= 0.3 is 0 Å². The van der Waals surface area contributed by atoms with Crippen molar-refractivity contribution in [1.82, 2.24) is 0 Å². The van der Waals surface area contributed by atoms with Gasteiger partial charge in [0.15, 0.2) is 0 Å². The number of ether oxygens (including phenoxy) is 1. The predicted octanol–water partition coefficient (Wildman–Crippen LogP) is 2.02. The fourth-order valence-corrected chi connectivity index (χ4v) is 2.22. The molecule has 0 spiro atoms. The number of rotatable bonds is 0. The van der Waals surface area contributed by atoms with Crippen molar-refractivity contribution in [3.63, 3.8) is 0 Å². The summed E-state index contributed by atoms with van der Waals surface area (Å²) in [5, 5.41) is 0. The summed E-state index contributed by atoms with van der Waals surface area (Å²) in [6.07, 6.45) is 0.289. The van der Waals surface area contributed by atoms with Crippen LogP contribution in [0, 0.1) is 13.8 Å². The molecule has 2 N–H and O–H groups in total. The van der Waals surface area contributed by atoms with E-state index in [9.17, 15) is 4.79 Å². The second-order valence-electron chi connectivity index (χ2n) is 4.66. The third-order valence-electron chi connectivity index (χ3n) is 3.26. The van der Waals surface area contributed by atoms with Crippen molar-refractivity contribution >= 4 is 17.3 Å². The Morgan fingerprint density at radius 2 is 2.12 bits per heavy atom. The van der Waals surface area contributed by atoms with Crippen molar-refractivity contribution in [2.24, 2.45) is 0 Å². The van der Waals surface area contributed by atoms with Gasteiger partial charge in [-0.2, -0.15) is 0 Å². The van der Waals surface area contributed by atoms with E-state index in [0.717, 1.165) is 28.3 Å². The Kier molecular flexibility index (Phi) is 2.73. The van der Waals surface area contributed by atoms with Gasteiger partial charge in [0.1, 0.15) is 11.9 Å². The number of hydrogen-bond acceptors (Lipinski definition) is 3. The second-order valence-corrected chi connectivity index (χ2v) is 4.66. The molecule has 0 aliphatic carbocycles. The number of hydrogen-bond donors (Lipinski definition) is 1. The highest BCUT2D eigenvalue weighted by molar-refractivity contribution is 5.97. The molecule has 0 aromatic heterocycles. The van der Waals surface area contributed by atoms with Crippen molar-refractivity contribution in [2.45, 2.75) is 33.3 Å². The van der Waals surface area contributed by atoms with E-state index in [1.54, 1.807) is 11.9 Å². The first kappa shape index (κ1) is 11.8. The largest absolute Gasteiger partial charge is 0.488 e. The Morgan fingerprint density at radius 1 is 1.47 bits per heavy atom. The first-order valence-corrected chi connectivity index (χ1v) is 5.74. The number of carbonyl (C=O) groups is 1. The number of amides is 1. The molecule has 1 heterocycles. The maximum absolute atomic E-state index is 11.9. The monoisotopic (exact) mass is 234 g/mol. The standard InChI is InChI=1S/C13H18N2O2/c1-7-5-10-13(9(3)12(7)14)15(4)11(16)6-8(2)17-10/h5,8H,6,14H2,1-4H3. The van der Waals surface area contributed by atoms with Gasteiger partial charge < -0.3 is 15.4 Å². The Balaban J connectivity index is 2.66. The van der Waals surface area contributed by atoms with Crippen molar-refractivity contribution in [3.05, 3.63) is 17.2 Å². The summed E-state index contributed by atoms with van der Waals surface area (Å²) in [6, 6.07) is 1.91. The molecule has 0 bridgehead atoms. The molecule has 1 aromatic carbocycles. The van der Waals surface area contributed by atoms with Crippen LogP contribution in [-0.2, 0) is 4.79 Å². The summed E-state index contributed by atoms with van der Waals surface area (Å²) in [4.78, 5) is 13.6. The van der Waals surface area contributed by atoms with Crippen LogP contribution in [0.5, 0.6) is 5.75 Å². The second kappa shape index (κ2) is 3.95. The first-order valence-electron chi connectivity index (χ1n) is 5.74. The van der Waals surface area contributed by atoms with Gasteiger partial charge in [-0.1, -0.05) is 0 Å². The molecule has 2 rings (SSSR count). The summed E-state index contributed by atoms with van der Waals surface area (Å²) in [7, 11) is 1.77. The van der Waals surface area contributed by atoms with E-state index in [4.69, 9.17) is 10.5 Å². The van der Waals surface area contributed by atoms with E-state index in [0.29, 0.717) is 6.42 Å². The zero-order chi connectivity index (χ0) is 12.7. The Bertz CT molecular complexity index is 483. The van der Waals surface area contributed by atoms with E-state index < -0.39 is 0 Å². The van der Waals surface area contributed by atoms with Gasteiger partial charge in [0, 0.05) is 12.7 Å². The zero-order valence-electron chi connectivity index (χ0n) is 10.7. The van der Waals surface area contributed by atoms with Crippen LogP contribution >= 0.6 is 0 Å².